The number of rotatable bonds is 10. The predicted molar refractivity (Wildman–Crippen MR) is 130 cm³/mol. The first-order valence-corrected chi connectivity index (χ1v) is 12.5. The predicted octanol–water partition coefficient (Wildman–Crippen LogP) is 4.51. The summed E-state index contributed by atoms with van der Waals surface area (Å²) in [5.74, 6) is -0.0239. The monoisotopic (exact) mass is 486 g/mol. The van der Waals surface area contributed by atoms with Crippen LogP contribution in [0.3, 0.4) is 0 Å². The molecule has 0 aliphatic carbocycles. The largest absolute Gasteiger partial charge is 0.492 e. The van der Waals surface area contributed by atoms with Crippen molar-refractivity contribution >= 4 is 27.5 Å². The van der Waals surface area contributed by atoms with Gasteiger partial charge in [-0.2, -0.15) is 4.72 Å². The molecule has 0 aromatic heterocycles. The molecule has 0 saturated carbocycles. The van der Waals surface area contributed by atoms with Crippen LogP contribution < -0.4 is 14.8 Å². The first kappa shape index (κ1) is 24.8. The zero-order valence-electron chi connectivity index (χ0n) is 18.5. The normalized spacial score (nSPS) is 13.2. The van der Waals surface area contributed by atoms with Gasteiger partial charge in [-0.15, -0.1) is 0 Å². The molecule has 174 valence electrons. The summed E-state index contributed by atoms with van der Waals surface area (Å²) >= 11 is 6.18. The van der Waals surface area contributed by atoms with E-state index in [9.17, 15) is 13.2 Å². The third kappa shape index (κ3) is 6.81. The smallest absolute Gasteiger partial charge is 0.241 e. The molecule has 0 aliphatic heterocycles. The van der Waals surface area contributed by atoms with Crippen LogP contribution in [0.25, 0.3) is 0 Å². The Morgan fingerprint density at radius 2 is 1.64 bits per heavy atom. The van der Waals surface area contributed by atoms with Gasteiger partial charge in [-0.3, -0.25) is 4.79 Å². The highest BCUT2D eigenvalue weighted by Gasteiger charge is 2.27. The first-order valence-electron chi connectivity index (χ1n) is 10.6. The molecule has 0 fully saturated rings. The van der Waals surface area contributed by atoms with E-state index < -0.39 is 22.0 Å². The third-order valence-corrected chi connectivity index (χ3v) is 6.83. The number of ether oxygens (including phenoxy) is 1. The summed E-state index contributed by atoms with van der Waals surface area (Å²) in [6.45, 7) is 4.07. The van der Waals surface area contributed by atoms with Gasteiger partial charge in [0.15, 0.2) is 0 Å². The molecule has 8 heteroatoms. The van der Waals surface area contributed by atoms with Crippen molar-refractivity contribution in [1.82, 2.24) is 10.0 Å². The van der Waals surface area contributed by atoms with Crippen LogP contribution in [0.5, 0.6) is 5.75 Å². The second-order valence-electron chi connectivity index (χ2n) is 7.53. The Balaban J connectivity index is 1.84. The quantitative estimate of drug-likeness (QED) is 0.441. The average molecular weight is 487 g/mol. The molecule has 33 heavy (non-hydrogen) atoms. The molecule has 6 nitrogen and oxygen atoms in total. The number of amides is 1. The molecule has 0 heterocycles. The van der Waals surface area contributed by atoms with Gasteiger partial charge in [0.1, 0.15) is 11.8 Å². The van der Waals surface area contributed by atoms with E-state index in [0.29, 0.717) is 12.4 Å². The molecule has 0 saturated heterocycles. The van der Waals surface area contributed by atoms with Crippen LogP contribution in [0.2, 0.25) is 5.02 Å². The molecule has 3 aromatic rings. The fraction of sp³-hybridized carbons (Fsp3) is 0.240. The van der Waals surface area contributed by atoms with Crippen LogP contribution in [0.15, 0.2) is 83.8 Å². The summed E-state index contributed by atoms with van der Waals surface area (Å²) in [5.41, 5.74) is 1.75. The molecule has 0 bridgehead atoms. The van der Waals surface area contributed by atoms with Gasteiger partial charge in [-0.1, -0.05) is 72.3 Å². The number of nitrogens with one attached hydrogen (secondary N) is 2. The molecule has 2 atom stereocenters. The highest BCUT2D eigenvalue weighted by molar-refractivity contribution is 7.89. The van der Waals surface area contributed by atoms with E-state index in [4.69, 9.17) is 16.3 Å². The highest BCUT2D eigenvalue weighted by Crippen LogP contribution is 2.27. The topological polar surface area (TPSA) is 84.5 Å². The van der Waals surface area contributed by atoms with Crippen LogP contribution >= 0.6 is 11.6 Å². The lowest BCUT2D eigenvalue weighted by Crippen LogP contribution is -2.48. The minimum absolute atomic E-state index is 0.0436. The maximum Gasteiger partial charge on any atom is 0.241 e. The number of hydrogen-bond acceptors (Lipinski definition) is 4. The van der Waals surface area contributed by atoms with E-state index in [1.54, 1.807) is 0 Å². The van der Waals surface area contributed by atoms with Crippen molar-refractivity contribution in [3.05, 3.63) is 95.0 Å². The Labute approximate surface area is 200 Å². The molecule has 0 unspecified atom stereocenters. The van der Waals surface area contributed by atoms with Crippen molar-refractivity contribution in [3.8, 4) is 5.75 Å². The SMILES string of the molecule is CCOc1ccc(S(=O)(=O)N[C@H](Cc2ccccc2)C(=O)N[C@@H](C)c2ccccc2)cc1Cl. The van der Waals surface area contributed by atoms with Gasteiger partial charge in [-0.25, -0.2) is 8.42 Å². The first-order chi connectivity index (χ1) is 15.8. The van der Waals surface area contributed by atoms with Gasteiger partial charge in [0.05, 0.1) is 22.6 Å². The third-order valence-electron chi connectivity index (χ3n) is 5.07. The zero-order valence-corrected chi connectivity index (χ0v) is 20.1. The standard InChI is InChI=1S/C25H27ClN2O4S/c1-3-32-24-15-14-21(17-22(24)26)33(30,31)28-23(16-19-10-6-4-7-11-19)25(29)27-18(2)20-12-8-5-9-13-20/h4-15,17-18,23,28H,3,16H2,1-2H3,(H,27,29)/t18-,23+/m0/s1. The highest BCUT2D eigenvalue weighted by atomic mass is 35.5. The van der Waals surface area contributed by atoms with Gasteiger partial charge < -0.3 is 10.1 Å². The number of carbonyl (C=O) groups is 1. The summed E-state index contributed by atoms with van der Waals surface area (Å²) in [5, 5.41) is 3.10. The molecule has 2 N–H and O–H groups in total. The second-order valence-corrected chi connectivity index (χ2v) is 9.65. The maximum atomic E-state index is 13.2. The van der Waals surface area contributed by atoms with Crippen LogP contribution in [0.4, 0.5) is 0 Å². The lowest BCUT2D eigenvalue weighted by Gasteiger charge is -2.22. The minimum atomic E-state index is -4.03. The van der Waals surface area contributed by atoms with E-state index in [0.717, 1.165) is 11.1 Å². The van der Waals surface area contributed by atoms with Crippen molar-refractivity contribution in [2.45, 2.75) is 37.2 Å². The Hall–Kier alpha value is -2.87. The number of carbonyl (C=O) groups excluding carboxylic acids is 1. The van der Waals surface area contributed by atoms with E-state index in [-0.39, 0.29) is 22.4 Å². The van der Waals surface area contributed by atoms with Crippen molar-refractivity contribution in [1.29, 1.82) is 0 Å². The molecule has 1 amide bonds. The Kier molecular flexibility index (Phi) is 8.49. The van der Waals surface area contributed by atoms with Crippen molar-refractivity contribution in [2.24, 2.45) is 0 Å². The van der Waals surface area contributed by atoms with Crippen LogP contribution in [0.1, 0.15) is 31.0 Å². The lowest BCUT2D eigenvalue weighted by atomic mass is 10.0. The number of hydrogen-bond donors (Lipinski definition) is 2. The van der Waals surface area contributed by atoms with E-state index >= 15 is 0 Å². The molecule has 0 aliphatic rings. The molecule has 3 rings (SSSR count). The Morgan fingerprint density at radius 3 is 2.24 bits per heavy atom. The summed E-state index contributed by atoms with van der Waals surface area (Å²) in [7, 11) is -4.03. The summed E-state index contributed by atoms with van der Waals surface area (Å²) in [6, 6.07) is 21.7. The Morgan fingerprint density at radius 1 is 1.00 bits per heavy atom. The lowest BCUT2D eigenvalue weighted by molar-refractivity contribution is -0.123. The Bertz CT molecular complexity index is 1170. The second kappa shape index (κ2) is 11.3. The van der Waals surface area contributed by atoms with Gasteiger partial charge in [0.25, 0.3) is 0 Å². The van der Waals surface area contributed by atoms with Crippen molar-refractivity contribution in [2.75, 3.05) is 6.61 Å². The minimum Gasteiger partial charge on any atom is -0.492 e. The van der Waals surface area contributed by atoms with Crippen LogP contribution in [0, 0.1) is 0 Å². The molecule has 0 radical (unpaired) electrons. The summed E-state index contributed by atoms with van der Waals surface area (Å²) in [6.07, 6.45) is 0.193. The maximum absolute atomic E-state index is 13.2. The van der Waals surface area contributed by atoms with Crippen LogP contribution in [-0.4, -0.2) is 27.0 Å². The summed E-state index contributed by atoms with van der Waals surface area (Å²) in [4.78, 5) is 13.1. The van der Waals surface area contributed by atoms with Gasteiger partial charge in [-0.05, 0) is 49.6 Å². The van der Waals surface area contributed by atoms with E-state index in [1.807, 2.05) is 74.5 Å². The molecular formula is C25H27ClN2O4S. The fourth-order valence-corrected chi connectivity index (χ4v) is 4.87. The van der Waals surface area contributed by atoms with Gasteiger partial charge in [0, 0.05) is 0 Å². The van der Waals surface area contributed by atoms with E-state index in [1.165, 1.54) is 18.2 Å². The number of benzene rings is 3. The van der Waals surface area contributed by atoms with E-state index in [2.05, 4.69) is 10.0 Å². The number of sulfonamides is 1. The average Bonchev–Trinajstić information content (AvgIpc) is 2.81. The fourth-order valence-electron chi connectivity index (χ4n) is 3.35. The van der Waals surface area contributed by atoms with Gasteiger partial charge >= 0.3 is 0 Å². The van der Waals surface area contributed by atoms with Crippen LogP contribution in [-0.2, 0) is 21.2 Å². The number of halogens is 1. The molecule has 3 aromatic carbocycles. The van der Waals surface area contributed by atoms with Crippen molar-refractivity contribution < 1.29 is 17.9 Å². The molecule has 0 spiro atoms. The zero-order chi connectivity index (χ0) is 23.8. The summed E-state index contributed by atoms with van der Waals surface area (Å²) < 4.78 is 34.2. The molecular weight excluding hydrogens is 460 g/mol. The van der Waals surface area contributed by atoms with Gasteiger partial charge in [0.2, 0.25) is 15.9 Å². The van der Waals surface area contributed by atoms with Crippen molar-refractivity contribution in [3.63, 3.8) is 0 Å².